The smallest absolute Gasteiger partial charge is 0.268 e. The number of nitrogens with two attached hydrogens (primary N) is 1. The second-order valence-corrected chi connectivity index (χ2v) is 9.45. The maximum Gasteiger partial charge on any atom is 0.268 e. The fraction of sp³-hybridized carbons (Fsp3) is 0.458. The van der Waals surface area contributed by atoms with Crippen molar-refractivity contribution in [2.24, 2.45) is 5.73 Å². The van der Waals surface area contributed by atoms with Gasteiger partial charge in [-0.3, -0.25) is 14.6 Å². The molecule has 0 aliphatic heterocycles. The fourth-order valence-corrected chi connectivity index (χ4v) is 4.38. The van der Waals surface area contributed by atoms with E-state index < -0.39 is 5.91 Å². The number of primary amides is 1. The minimum atomic E-state index is -0.734. The van der Waals surface area contributed by atoms with E-state index in [0.717, 1.165) is 42.8 Å². The highest BCUT2D eigenvalue weighted by molar-refractivity contribution is 6.03. The van der Waals surface area contributed by atoms with Crippen LogP contribution < -0.4 is 11.2 Å². The van der Waals surface area contributed by atoms with Crippen LogP contribution in [0.5, 0.6) is 0 Å². The zero-order valence-electron chi connectivity index (χ0n) is 18.9. The average Bonchev–Trinajstić information content (AvgIpc) is 2.77. The molecule has 3 N–H and O–H groups in total. The van der Waals surface area contributed by atoms with Crippen molar-refractivity contribution in [3.63, 3.8) is 0 Å². The summed E-state index contributed by atoms with van der Waals surface area (Å²) in [4.78, 5) is 41.6. The van der Waals surface area contributed by atoms with E-state index >= 15 is 0 Å². The van der Waals surface area contributed by atoms with Gasteiger partial charge in [-0.25, -0.2) is 9.97 Å². The molecule has 0 unspecified atom stereocenters. The Hall–Kier alpha value is -3.13. The van der Waals surface area contributed by atoms with Gasteiger partial charge in [0.05, 0.1) is 28.4 Å². The number of pyridine rings is 2. The minimum absolute atomic E-state index is 0.0345. The zero-order valence-corrected chi connectivity index (χ0v) is 18.9. The first kappa shape index (κ1) is 22.1. The van der Waals surface area contributed by atoms with E-state index in [2.05, 4.69) is 35.7 Å². The van der Waals surface area contributed by atoms with Gasteiger partial charge in [0.2, 0.25) is 0 Å². The van der Waals surface area contributed by atoms with Crippen LogP contribution in [0, 0.1) is 0 Å². The van der Waals surface area contributed by atoms with Crippen LogP contribution in [0.4, 0.5) is 0 Å². The van der Waals surface area contributed by atoms with Crippen LogP contribution in [-0.2, 0) is 10.2 Å². The number of hydrogen-bond acceptors (Lipinski definition) is 6. The van der Waals surface area contributed by atoms with E-state index in [4.69, 9.17) is 15.5 Å². The van der Waals surface area contributed by atoms with Crippen LogP contribution in [0.1, 0.15) is 74.4 Å². The second-order valence-electron chi connectivity index (χ2n) is 9.45. The number of carbonyl (C=O) groups is 1. The molecule has 1 amide bonds. The first-order valence-corrected chi connectivity index (χ1v) is 10.9. The predicted octanol–water partition coefficient (Wildman–Crippen LogP) is 3.45. The summed E-state index contributed by atoms with van der Waals surface area (Å²) in [7, 11) is 1.76. The highest BCUT2D eigenvalue weighted by atomic mass is 16.5. The van der Waals surface area contributed by atoms with Crippen LogP contribution in [0.3, 0.4) is 0 Å². The molecule has 0 aromatic carbocycles. The maximum absolute atomic E-state index is 13.0. The number of H-pyrrole nitrogens is 1. The normalized spacial score (nSPS) is 19.2. The Balaban J connectivity index is 1.87. The molecule has 3 aromatic rings. The van der Waals surface area contributed by atoms with Gasteiger partial charge in [0, 0.05) is 42.5 Å². The molecule has 0 saturated heterocycles. The Morgan fingerprint density at radius 1 is 1.19 bits per heavy atom. The summed E-state index contributed by atoms with van der Waals surface area (Å²) in [5, 5.41) is 0.193. The highest BCUT2D eigenvalue weighted by Gasteiger charge is 2.28. The monoisotopic (exact) mass is 435 g/mol. The maximum atomic E-state index is 13.0. The van der Waals surface area contributed by atoms with Gasteiger partial charge in [0.15, 0.2) is 5.43 Å². The summed E-state index contributed by atoms with van der Waals surface area (Å²) in [6.07, 6.45) is 7.40. The fourth-order valence-electron chi connectivity index (χ4n) is 4.38. The van der Waals surface area contributed by atoms with Crippen LogP contribution in [0.15, 0.2) is 29.3 Å². The van der Waals surface area contributed by atoms with Crippen molar-refractivity contribution in [1.82, 2.24) is 19.9 Å². The summed E-state index contributed by atoms with van der Waals surface area (Å²) in [5.41, 5.74) is 7.74. The standard InChI is InChI=1S/C24H29N5O3/c1-24(2,3)23-27-12-15(20(29-23)13-5-7-14(32-4)8-6-13)17-11-18(30)19-16(28-17)9-10-26-21(19)22(25)31/h9-14H,5-8H2,1-4H3,(H2,25,31)(H,28,30). The van der Waals surface area contributed by atoms with Gasteiger partial charge in [-0.05, 0) is 31.7 Å². The number of fused-ring (bicyclic) bond motifs is 1. The molecule has 4 rings (SSSR count). The van der Waals surface area contributed by atoms with Gasteiger partial charge in [-0.15, -0.1) is 0 Å². The van der Waals surface area contributed by atoms with Crippen LogP contribution >= 0.6 is 0 Å². The van der Waals surface area contributed by atoms with Gasteiger partial charge < -0.3 is 15.5 Å². The van der Waals surface area contributed by atoms with E-state index in [9.17, 15) is 9.59 Å². The lowest BCUT2D eigenvalue weighted by atomic mass is 9.83. The Bertz CT molecular complexity index is 1220. The van der Waals surface area contributed by atoms with Crippen molar-refractivity contribution < 1.29 is 9.53 Å². The molecule has 0 atom stereocenters. The summed E-state index contributed by atoms with van der Waals surface area (Å²) in [5.74, 6) is 0.286. The number of nitrogens with one attached hydrogen (secondary N) is 1. The number of methoxy groups -OCH3 is 1. The molecule has 168 valence electrons. The summed E-state index contributed by atoms with van der Waals surface area (Å²) < 4.78 is 5.54. The number of ether oxygens (including phenoxy) is 1. The van der Waals surface area contributed by atoms with E-state index in [1.54, 1.807) is 19.4 Å². The van der Waals surface area contributed by atoms with Crippen molar-refractivity contribution in [3.8, 4) is 11.3 Å². The molecule has 0 bridgehead atoms. The van der Waals surface area contributed by atoms with Crippen molar-refractivity contribution in [2.75, 3.05) is 7.11 Å². The average molecular weight is 436 g/mol. The van der Waals surface area contributed by atoms with E-state index in [1.807, 2.05) is 0 Å². The molecule has 3 heterocycles. The number of aromatic amines is 1. The molecule has 0 radical (unpaired) electrons. The molecule has 3 aromatic heterocycles. The van der Waals surface area contributed by atoms with Crippen molar-refractivity contribution in [1.29, 1.82) is 0 Å². The van der Waals surface area contributed by atoms with Crippen LogP contribution in [0.25, 0.3) is 22.2 Å². The number of aromatic nitrogens is 4. The van der Waals surface area contributed by atoms with Gasteiger partial charge >= 0.3 is 0 Å². The first-order chi connectivity index (χ1) is 15.2. The van der Waals surface area contributed by atoms with Gasteiger partial charge in [-0.2, -0.15) is 0 Å². The molecule has 1 aliphatic carbocycles. The SMILES string of the molecule is COC1CCC(c2nc(C(C)(C)C)ncc2-c2cc(=O)c3c(C(N)=O)nccc3[nH]2)CC1. The lowest BCUT2D eigenvalue weighted by Gasteiger charge is -2.29. The topological polar surface area (TPSA) is 124 Å². The molecule has 32 heavy (non-hydrogen) atoms. The number of amides is 1. The first-order valence-electron chi connectivity index (χ1n) is 10.9. The summed E-state index contributed by atoms with van der Waals surface area (Å²) >= 11 is 0. The number of nitrogens with zero attached hydrogens (tertiary/aromatic N) is 3. The molecule has 1 saturated carbocycles. The van der Waals surface area contributed by atoms with Crippen LogP contribution in [0.2, 0.25) is 0 Å². The van der Waals surface area contributed by atoms with E-state index in [0.29, 0.717) is 11.2 Å². The van der Waals surface area contributed by atoms with Crippen molar-refractivity contribution in [2.45, 2.75) is 63.9 Å². The second kappa shape index (κ2) is 8.43. The van der Waals surface area contributed by atoms with Crippen molar-refractivity contribution >= 4 is 16.8 Å². The number of rotatable bonds is 4. The number of hydrogen-bond donors (Lipinski definition) is 2. The quantitative estimate of drug-likeness (QED) is 0.647. The molecular weight excluding hydrogens is 406 g/mol. The molecule has 0 spiro atoms. The van der Waals surface area contributed by atoms with E-state index in [-0.39, 0.29) is 33.9 Å². The Morgan fingerprint density at radius 2 is 1.91 bits per heavy atom. The number of carbonyl (C=O) groups excluding carboxylic acids is 1. The molecule has 1 fully saturated rings. The Kier molecular flexibility index (Phi) is 5.81. The lowest BCUT2D eigenvalue weighted by molar-refractivity contribution is 0.0655. The van der Waals surface area contributed by atoms with Gasteiger partial charge in [0.25, 0.3) is 5.91 Å². The molecule has 8 heteroatoms. The molecule has 1 aliphatic rings. The van der Waals surface area contributed by atoms with Crippen molar-refractivity contribution in [3.05, 3.63) is 52.0 Å². The third kappa shape index (κ3) is 4.14. The largest absolute Gasteiger partial charge is 0.381 e. The third-order valence-corrected chi connectivity index (χ3v) is 6.15. The van der Waals surface area contributed by atoms with Gasteiger partial charge in [0.1, 0.15) is 11.5 Å². The van der Waals surface area contributed by atoms with Crippen LogP contribution in [-0.4, -0.2) is 39.1 Å². The Morgan fingerprint density at radius 3 is 2.53 bits per heavy atom. The highest BCUT2D eigenvalue weighted by Crippen LogP contribution is 2.38. The minimum Gasteiger partial charge on any atom is -0.381 e. The zero-order chi connectivity index (χ0) is 23.0. The lowest BCUT2D eigenvalue weighted by Crippen LogP contribution is -2.23. The Labute approximate surface area is 186 Å². The summed E-state index contributed by atoms with van der Waals surface area (Å²) in [6, 6.07) is 3.15. The summed E-state index contributed by atoms with van der Waals surface area (Å²) in [6.45, 7) is 6.26. The van der Waals surface area contributed by atoms with E-state index in [1.165, 1.54) is 12.3 Å². The third-order valence-electron chi connectivity index (χ3n) is 6.15. The predicted molar refractivity (Wildman–Crippen MR) is 123 cm³/mol. The molecular formula is C24H29N5O3. The molecule has 8 nitrogen and oxygen atoms in total. The van der Waals surface area contributed by atoms with Gasteiger partial charge in [-0.1, -0.05) is 20.8 Å².